The molecule has 2 N–H and O–H groups in total. The van der Waals surface area contributed by atoms with Crippen molar-refractivity contribution >= 4 is 17.7 Å². The molecule has 5 nitrogen and oxygen atoms in total. The third kappa shape index (κ3) is 3.54. The summed E-state index contributed by atoms with van der Waals surface area (Å²) in [6.45, 7) is 11.0. The van der Waals surface area contributed by atoms with Crippen LogP contribution in [0.4, 0.5) is 10.5 Å². The van der Waals surface area contributed by atoms with Crippen LogP contribution in [0.5, 0.6) is 0 Å². The molecule has 0 heterocycles. The molecule has 0 saturated heterocycles. The Balaban J connectivity index is 3.08. The lowest BCUT2D eigenvalue weighted by molar-refractivity contribution is -0.147. The van der Waals surface area contributed by atoms with E-state index in [2.05, 4.69) is 5.32 Å². The van der Waals surface area contributed by atoms with Crippen LogP contribution in [0.1, 0.15) is 37.5 Å². The van der Waals surface area contributed by atoms with Crippen molar-refractivity contribution in [3.8, 4) is 0 Å². The van der Waals surface area contributed by atoms with Crippen molar-refractivity contribution in [2.75, 3.05) is 11.9 Å². The molecule has 0 aliphatic heterocycles. The molecule has 0 atom stereocenters. The number of aliphatic carboxylic acids is 1. The van der Waals surface area contributed by atoms with Crippen LogP contribution in [0.2, 0.25) is 0 Å². The molecule has 21 heavy (non-hydrogen) atoms. The molecule has 5 heteroatoms. The number of carboxylic acids is 1. The minimum absolute atomic E-state index is 0.315. The number of likely N-dealkylation sites (N-methyl/N-ethyl adjacent to an activating group) is 1. The first-order valence-corrected chi connectivity index (χ1v) is 7.01. The summed E-state index contributed by atoms with van der Waals surface area (Å²) in [5.74, 6) is -1.03. The van der Waals surface area contributed by atoms with E-state index in [9.17, 15) is 14.7 Å². The monoisotopic (exact) mass is 292 g/mol. The Labute approximate surface area is 126 Å². The van der Waals surface area contributed by atoms with E-state index in [4.69, 9.17) is 0 Å². The van der Waals surface area contributed by atoms with Crippen LogP contribution in [0.15, 0.2) is 12.1 Å². The van der Waals surface area contributed by atoms with Crippen molar-refractivity contribution in [3.63, 3.8) is 0 Å². The number of benzene rings is 1. The Morgan fingerprint density at radius 2 is 1.67 bits per heavy atom. The fourth-order valence-corrected chi connectivity index (χ4v) is 2.46. The maximum absolute atomic E-state index is 12.4. The van der Waals surface area contributed by atoms with Gasteiger partial charge in [-0.15, -0.1) is 0 Å². The van der Waals surface area contributed by atoms with Crippen LogP contribution in [-0.4, -0.2) is 34.1 Å². The van der Waals surface area contributed by atoms with Crippen molar-refractivity contribution in [1.82, 2.24) is 4.90 Å². The molecule has 0 radical (unpaired) electrons. The normalized spacial score (nSPS) is 11.1. The quantitative estimate of drug-likeness (QED) is 0.894. The van der Waals surface area contributed by atoms with Gasteiger partial charge in [0, 0.05) is 12.2 Å². The van der Waals surface area contributed by atoms with Gasteiger partial charge in [0.1, 0.15) is 5.54 Å². The number of carbonyl (C=O) groups is 2. The Bertz CT molecular complexity index is 542. The number of hydrogen-bond donors (Lipinski definition) is 2. The summed E-state index contributed by atoms with van der Waals surface area (Å²) in [7, 11) is 0. The molecular formula is C16H24N2O3. The number of nitrogens with zero attached hydrogens (tertiary/aromatic N) is 1. The molecule has 0 spiro atoms. The average Bonchev–Trinajstić information content (AvgIpc) is 2.34. The Morgan fingerprint density at radius 3 is 2.05 bits per heavy atom. The van der Waals surface area contributed by atoms with Crippen molar-refractivity contribution in [2.24, 2.45) is 0 Å². The van der Waals surface area contributed by atoms with E-state index in [1.54, 1.807) is 6.92 Å². The molecule has 0 bridgehead atoms. The van der Waals surface area contributed by atoms with Crippen molar-refractivity contribution in [2.45, 2.75) is 47.1 Å². The summed E-state index contributed by atoms with van der Waals surface area (Å²) in [6, 6.07) is 3.57. The van der Waals surface area contributed by atoms with Gasteiger partial charge in [-0.05, 0) is 52.7 Å². The summed E-state index contributed by atoms with van der Waals surface area (Å²) >= 11 is 0. The van der Waals surface area contributed by atoms with Gasteiger partial charge in [0.2, 0.25) is 0 Å². The standard InChI is InChI=1S/C16H24N2O3/c1-7-18(16(5,6)14(19)20)15(21)17-13-11(3)8-10(2)9-12(13)4/h8-9H,7H2,1-6H3,(H,17,21)(H,19,20). The predicted octanol–water partition coefficient (Wildman–Crippen LogP) is 3.33. The number of urea groups is 1. The Hall–Kier alpha value is -2.04. The molecule has 1 aromatic rings. The summed E-state index contributed by atoms with van der Waals surface area (Å²) in [5, 5.41) is 12.1. The molecule has 0 aliphatic rings. The molecule has 0 aromatic heterocycles. The lowest BCUT2D eigenvalue weighted by Crippen LogP contribution is -2.54. The van der Waals surface area contributed by atoms with E-state index >= 15 is 0 Å². The van der Waals surface area contributed by atoms with Gasteiger partial charge in [0.05, 0.1) is 0 Å². The summed E-state index contributed by atoms with van der Waals surface area (Å²) in [6.07, 6.45) is 0. The number of carbonyl (C=O) groups excluding carboxylic acids is 1. The highest BCUT2D eigenvalue weighted by molar-refractivity contribution is 5.94. The zero-order valence-corrected chi connectivity index (χ0v) is 13.6. The summed E-state index contributed by atoms with van der Waals surface area (Å²) in [4.78, 5) is 25.1. The lowest BCUT2D eigenvalue weighted by atomic mass is 10.0. The number of carboxylic acid groups (broad SMARTS) is 1. The first kappa shape index (κ1) is 17.0. The zero-order chi connectivity index (χ0) is 16.4. The van der Waals surface area contributed by atoms with Gasteiger partial charge in [0.25, 0.3) is 0 Å². The van der Waals surface area contributed by atoms with E-state index in [1.165, 1.54) is 18.7 Å². The van der Waals surface area contributed by atoms with Gasteiger partial charge < -0.3 is 15.3 Å². The topological polar surface area (TPSA) is 69.6 Å². The first-order chi connectivity index (χ1) is 9.61. The van der Waals surface area contributed by atoms with Gasteiger partial charge in [0.15, 0.2) is 0 Å². The van der Waals surface area contributed by atoms with Crippen molar-refractivity contribution in [3.05, 3.63) is 28.8 Å². The number of rotatable bonds is 4. The minimum atomic E-state index is -1.26. The second-order valence-electron chi connectivity index (χ2n) is 5.81. The number of nitrogens with one attached hydrogen (secondary N) is 1. The SMILES string of the molecule is CCN(C(=O)Nc1c(C)cc(C)cc1C)C(C)(C)C(=O)O. The van der Waals surface area contributed by atoms with Gasteiger partial charge in [-0.1, -0.05) is 17.7 Å². The Morgan fingerprint density at radius 1 is 1.19 bits per heavy atom. The molecular weight excluding hydrogens is 268 g/mol. The second-order valence-corrected chi connectivity index (χ2v) is 5.81. The number of anilines is 1. The van der Waals surface area contributed by atoms with E-state index in [0.717, 1.165) is 22.4 Å². The molecule has 1 aromatic carbocycles. The van der Waals surface area contributed by atoms with Crippen LogP contribution < -0.4 is 5.32 Å². The van der Waals surface area contributed by atoms with E-state index in [-0.39, 0.29) is 0 Å². The summed E-state index contributed by atoms with van der Waals surface area (Å²) in [5.41, 5.74) is 2.53. The second kappa shape index (κ2) is 6.16. The van der Waals surface area contributed by atoms with E-state index in [1.807, 2.05) is 32.9 Å². The lowest BCUT2D eigenvalue weighted by Gasteiger charge is -2.34. The highest BCUT2D eigenvalue weighted by atomic mass is 16.4. The van der Waals surface area contributed by atoms with Crippen LogP contribution in [0, 0.1) is 20.8 Å². The molecule has 116 valence electrons. The third-order valence-electron chi connectivity index (χ3n) is 3.67. The fourth-order valence-electron chi connectivity index (χ4n) is 2.46. The molecule has 1 rings (SSSR count). The molecule has 2 amide bonds. The maximum atomic E-state index is 12.4. The van der Waals surface area contributed by atoms with E-state index < -0.39 is 17.5 Å². The van der Waals surface area contributed by atoms with Crippen LogP contribution in [0.25, 0.3) is 0 Å². The van der Waals surface area contributed by atoms with Crippen LogP contribution in [-0.2, 0) is 4.79 Å². The first-order valence-electron chi connectivity index (χ1n) is 7.01. The zero-order valence-electron chi connectivity index (χ0n) is 13.6. The highest BCUT2D eigenvalue weighted by Crippen LogP contribution is 2.24. The highest BCUT2D eigenvalue weighted by Gasteiger charge is 2.37. The maximum Gasteiger partial charge on any atom is 0.329 e. The van der Waals surface area contributed by atoms with Crippen LogP contribution in [0.3, 0.4) is 0 Å². The van der Waals surface area contributed by atoms with Gasteiger partial charge >= 0.3 is 12.0 Å². The van der Waals surface area contributed by atoms with Crippen molar-refractivity contribution in [1.29, 1.82) is 0 Å². The molecule has 0 fully saturated rings. The van der Waals surface area contributed by atoms with Gasteiger partial charge in [-0.3, -0.25) is 0 Å². The molecule has 0 aliphatic carbocycles. The molecule has 0 saturated carbocycles. The third-order valence-corrected chi connectivity index (χ3v) is 3.67. The number of amides is 2. The summed E-state index contributed by atoms with van der Waals surface area (Å²) < 4.78 is 0. The number of hydrogen-bond acceptors (Lipinski definition) is 2. The van der Waals surface area contributed by atoms with Crippen LogP contribution >= 0.6 is 0 Å². The minimum Gasteiger partial charge on any atom is -0.480 e. The Kier molecular flexibility index (Phi) is 4.99. The van der Waals surface area contributed by atoms with Crippen molar-refractivity contribution < 1.29 is 14.7 Å². The van der Waals surface area contributed by atoms with E-state index in [0.29, 0.717) is 6.54 Å². The molecule has 0 unspecified atom stereocenters. The smallest absolute Gasteiger partial charge is 0.329 e. The van der Waals surface area contributed by atoms with Gasteiger partial charge in [-0.25, -0.2) is 9.59 Å². The van der Waals surface area contributed by atoms with Gasteiger partial charge in [-0.2, -0.15) is 0 Å². The predicted molar refractivity (Wildman–Crippen MR) is 83.8 cm³/mol. The average molecular weight is 292 g/mol. The fraction of sp³-hybridized carbons (Fsp3) is 0.500. The largest absolute Gasteiger partial charge is 0.480 e. The number of aryl methyl sites for hydroxylation is 3.